The monoisotopic (exact) mass is 300 g/mol. The number of fused-ring (bicyclic) bond motifs is 1. The molecule has 6 atom stereocenters. The van der Waals surface area contributed by atoms with Crippen molar-refractivity contribution >= 4 is 11.8 Å². The third-order valence-corrected chi connectivity index (χ3v) is 6.85. The molecule has 2 aliphatic rings. The summed E-state index contributed by atoms with van der Waals surface area (Å²) in [7, 11) is 1.87. The molecule has 1 aliphatic carbocycles. The van der Waals surface area contributed by atoms with E-state index in [-0.39, 0.29) is 0 Å². The largest absolute Gasteiger partial charge is 0.381 e. The second kappa shape index (κ2) is 8.05. The van der Waals surface area contributed by atoms with E-state index < -0.39 is 0 Å². The fourth-order valence-corrected chi connectivity index (χ4v) is 5.94. The first-order valence-corrected chi connectivity index (χ1v) is 9.39. The van der Waals surface area contributed by atoms with Crippen LogP contribution in [0.3, 0.4) is 0 Å². The molecule has 6 unspecified atom stereocenters. The molecule has 0 aromatic rings. The van der Waals surface area contributed by atoms with Crippen LogP contribution in [0.25, 0.3) is 0 Å². The molecule has 1 aliphatic heterocycles. The summed E-state index contributed by atoms with van der Waals surface area (Å²) in [6.45, 7) is 7.77. The maximum Gasteiger partial charge on any atom is 0.0582 e. The average Bonchev–Trinajstić information content (AvgIpc) is 2.77. The minimum atomic E-state index is 0.432. The molecule has 0 N–H and O–H groups in total. The average molecular weight is 301 g/mol. The molecular weight excluding hydrogens is 268 g/mol. The fraction of sp³-hybridized carbons (Fsp3) is 1.00. The van der Waals surface area contributed by atoms with Crippen molar-refractivity contribution in [2.45, 2.75) is 82.0 Å². The van der Waals surface area contributed by atoms with Gasteiger partial charge in [-0.3, -0.25) is 0 Å². The minimum Gasteiger partial charge on any atom is -0.381 e. The maximum absolute atomic E-state index is 5.83. The quantitative estimate of drug-likeness (QED) is 0.689. The Hall–Kier alpha value is 0.270. The van der Waals surface area contributed by atoms with Crippen molar-refractivity contribution in [3.8, 4) is 0 Å². The fourth-order valence-electron chi connectivity index (χ4n) is 3.98. The minimum absolute atomic E-state index is 0.432. The van der Waals surface area contributed by atoms with Crippen LogP contribution < -0.4 is 0 Å². The maximum atomic E-state index is 5.83. The Morgan fingerprint density at radius 1 is 1.30 bits per heavy atom. The Morgan fingerprint density at radius 2 is 2.10 bits per heavy atom. The van der Waals surface area contributed by atoms with Gasteiger partial charge in [-0.05, 0) is 57.3 Å². The van der Waals surface area contributed by atoms with Crippen LogP contribution in [0, 0.1) is 11.8 Å². The third kappa shape index (κ3) is 4.14. The Kier molecular flexibility index (Phi) is 6.70. The van der Waals surface area contributed by atoms with E-state index >= 15 is 0 Å². The topological polar surface area (TPSA) is 18.5 Å². The van der Waals surface area contributed by atoms with Gasteiger partial charge in [0.2, 0.25) is 0 Å². The highest BCUT2D eigenvalue weighted by Gasteiger charge is 2.44. The van der Waals surface area contributed by atoms with Crippen molar-refractivity contribution in [3.05, 3.63) is 0 Å². The summed E-state index contributed by atoms with van der Waals surface area (Å²) in [4.78, 5) is 0. The molecule has 3 heteroatoms. The van der Waals surface area contributed by atoms with Crippen LogP contribution in [0.4, 0.5) is 0 Å². The van der Waals surface area contributed by atoms with Crippen molar-refractivity contribution in [2.24, 2.45) is 11.8 Å². The first-order valence-electron chi connectivity index (χ1n) is 8.45. The first kappa shape index (κ1) is 16.6. The predicted octanol–water partition coefficient (Wildman–Crippen LogP) is 4.52. The van der Waals surface area contributed by atoms with Gasteiger partial charge in [0.05, 0.1) is 12.2 Å². The lowest BCUT2D eigenvalue weighted by Gasteiger charge is -2.33. The number of hydrogen-bond acceptors (Lipinski definition) is 3. The summed E-state index contributed by atoms with van der Waals surface area (Å²) in [5.74, 6) is 1.83. The zero-order valence-corrected chi connectivity index (χ0v) is 14.5. The van der Waals surface area contributed by atoms with Gasteiger partial charge in [0, 0.05) is 24.2 Å². The standard InChI is InChI=1S/C17H32O2S/c1-5-10-19-12(2)6-8-15-13(3)20-17-11-14(18-4)7-9-16(15)17/h12-17H,5-11H2,1-4H3. The summed E-state index contributed by atoms with van der Waals surface area (Å²) in [6, 6.07) is 0. The summed E-state index contributed by atoms with van der Waals surface area (Å²) in [5.41, 5.74) is 0. The van der Waals surface area contributed by atoms with Crippen molar-refractivity contribution in [2.75, 3.05) is 13.7 Å². The molecule has 0 aromatic carbocycles. The molecule has 0 bridgehead atoms. The van der Waals surface area contributed by atoms with Gasteiger partial charge in [-0.1, -0.05) is 13.8 Å². The number of ether oxygens (including phenoxy) is 2. The van der Waals surface area contributed by atoms with E-state index in [1.54, 1.807) is 0 Å². The molecule has 1 saturated carbocycles. The number of methoxy groups -OCH3 is 1. The molecule has 2 rings (SSSR count). The van der Waals surface area contributed by atoms with E-state index in [2.05, 4.69) is 32.5 Å². The van der Waals surface area contributed by atoms with Crippen LogP contribution in [0.5, 0.6) is 0 Å². The number of hydrogen-bond donors (Lipinski definition) is 0. The lowest BCUT2D eigenvalue weighted by molar-refractivity contribution is 0.0415. The van der Waals surface area contributed by atoms with Crippen LogP contribution in [-0.2, 0) is 9.47 Å². The van der Waals surface area contributed by atoms with Gasteiger partial charge in [0.15, 0.2) is 0 Å². The van der Waals surface area contributed by atoms with Gasteiger partial charge in [-0.25, -0.2) is 0 Å². The van der Waals surface area contributed by atoms with E-state index in [1.807, 2.05) is 7.11 Å². The van der Waals surface area contributed by atoms with E-state index in [1.165, 1.54) is 32.1 Å². The van der Waals surface area contributed by atoms with E-state index in [9.17, 15) is 0 Å². The van der Waals surface area contributed by atoms with E-state index in [4.69, 9.17) is 9.47 Å². The molecule has 2 nitrogen and oxygen atoms in total. The molecule has 0 spiro atoms. The van der Waals surface area contributed by atoms with Crippen molar-refractivity contribution in [1.82, 2.24) is 0 Å². The molecular formula is C17H32O2S. The Labute approximate surface area is 129 Å². The predicted molar refractivity (Wildman–Crippen MR) is 87.4 cm³/mol. The molecule has 118 valence electrons. The summed E-state index contributed by atoms with van der Waals surface area (Å²) in [5, 5.41) is 1.67. The van der Waals surface area contributed by atoms with Crippen LogP contribution in [0.15, 0.2) is 0 Å². The van der Waals surface area contributed by atoms with Crippen molar-refractivity contribution in [3.63, 3.8) is 0 Å². The first-order chi connectivity index (χ1) is 9.65. The molecule has 2 fully saturated rings. The van der Waals surface area contributed by atoms with E-state index in [0.717, 1.165) is 35.4 Å². The summed E-state index contributed by atoms with van der Waals surface area (Å²) < 4.78 is 11.4. The highest BCUT2D eigenvalue weighted by Crippen LogP contribution is 2.51. The SMILES string of the molecule is CCCOC(C)CCC1C(C)SC2CC(OC)CCC21. The second-order valence-electron chi connectivity index (χ2n) is 6.64. The zero-order valence-electron chi connectivity index (χ0n) is 13.6. The Morgan fingerprint density at radius 3 is 2.80 bits per heavy atom. The molecule has 0 aromatic heterocycles. The van der Waals surface area contributed by atoms with Gasteiger partial charge in [0.25, 0.3) is 0 Å². The normalized spacial score (nSPS) is 38.7. The van der Waals surface area contributed by atoms with Crippen LogP contribution >= 0.6 is 11.8 Å². The molecule has 20 heavy (non-hydrogen) atoms. The lowest BCUT2D eigenvalue weighted by Crippen LogP contribution is -2.32. The highest BCUT2D eigenvalue weighted by atomic mass is 32.2. The Balaban J connectivity index is 1.80. The van der Waals surface area contributed by atoms with Gasteiger partial charge in [-0.2, -0.15) is 11.8 Å². The van der Waals surface area contributed by atoms with E-state index in [0.29, 0.717) is 12.2 Å². The van der Waals surface area contributed by atoms with Crippen LogP contribution in [0.1, 0.15) is 59.3 Å². The smallest absolute Gasteiger partial charge is 0.0582 e. The van der Waals surface area contributed by atoms with Gasteiger partial charge < -0.3 is 9.47 Å². The van der Waals surface area contributed by atoms with Crippen molar-refractivity contribution < 1.29 is 9.47 Å². The van der Waals surface area contributed by atoms with Crippen LogP contribution in [0.2, 0.25) is 0 Å². The highest BCUT2D eigenvalue weighted by molar-refractivity contribution is 8.00. The third-order valence-electron chi connectivity index (χ3n) is 5.18. The van der Waals surface area contributed by atoms with Crippen LogP contribution in [-0.4, -0.2) is 36.4 Å². The molecule has 1 heterocycles. The van der Waals surface area contributed by atoms with Gasteiger partial charge >= 0.3 is 0 Å². The number of rotatable bonds is 7. The zero-order chi connectivity index (χ0) is 14.5. The van der Waals surface area contributed by atoms with Gasteiger partial charge in [-0.15, -0.1) is 0 Å². The Bertz CT molecular complexity index is 284. The second-order valence-corrected chi connectivity index (χ2v) is 8.26. The molecule has 0 radical (unpaired) electrons. The summed E-state index contributed by atoms with van der Waals surface area (Å²) >= 11 is 2.23. The summed E-state index contributed by atoms with van der Waals surface area (Å²) in [6.07, 6.45) is 8.56. The molecule has 1 saturated heterocycles. The molecule has 0 amide bonds. The van der Waals surface area contributed by atoms with Gasteiger partial charge in [0.1, 0.15) is 0 Å². The van der Waals surface area contributed by atoms with Crippen molar-refractivity contribution in [1.29, 1.82) is 0 Å². The lowest BCUT2D eigenvalue weighted by atomic mass is 9.76. The number of thioether (sulfide) groups is 1.